The molecule has 0 radical (unpaired) electrons. The molecule has 104 valence electrons. The van der Waals surface area contributed by atoms with Crippen molar-refractivity contribution >= 4 is 0 Å². The van der Waals surface area contributed by atoms with Crippen molar-refractivity contribution in [1.29, 1.82) is 0 Å². The lowest BCUT2D eigenvalue weighted by molar-refractivity contribution is 0.00206. The molecule has 0 saturated carbocycles. The van der Waals surface area contributed by atoms with Crippen LogP contribution in [0.4, 0.5) is 0 Å². The molecule has 1 aromatic carbocycles. The smallest absolute Gasteiger partial charge is 0.119 e. The van der Waals surface area contributed by atoms with Gasteiger partial charge in [-0.15, -0.1) is 0 Å². The van der Waals surface area contributed by atoms with Crippen LogP contribution < -0.4 is 10.5 Å². The average Bonchev–Trinajstić information content (AvgIpc) is 2.47. The summed E-state index contributed by atoms with van der Waals surface area (Å²) in [5.41, 5.74) is 9.02. The number of hydrogen-bond acceptors (Lipinski definition) is 4. The second-order valence-electron chi connectivity index (χ2n) is 5.65. The van der Waals surface area contributed by atoms with E-state index in [0.717, 1.165) is 25.4 Å². The van der Waals surface area contributed by atoms with Crippen molar-refractivity contribution in [2.75, 3.05) is 39.8 Å². The van der Waals surface area contributed by atoms with Crippen LogP contribution in [0.1, 0.15) is 17.2 Å². The summed E-state index contributed by atoms with van der Waals surface area (Å²) in [6.07, 6.45) is 0. The standard InChI is InChI=1S/C15H23N3O/c1-11-9-12(19-2)3-4-13(11)15(16)14-10-17-5-7-18(14)8-6-17/h3-4,9,14-15H,5-8,10,16H2,1-2H3. The van der Waals surface area contributed by atoms with Crippen LogP contribution in [-0.2, 0) is 0 Å². The van der Waals surface area contributed by atoms with Gasteiger partial charge < -0.3 is 10.5 Å². The highest BCUT2D eigenvalue weighted by Crippen LogP contribution is 2.29. The number of nitrogens with two attached hydrogens (primary N) is 1. The molecule has 0 aromatic heterocycles. The van der Waals surface area contributed by atoms with Gasteiger partial charge in [0.05, 0.1) is 7.11 Å². The summed E-state index contributed by atoms with van der Waals surface area (Å²) in [5, 5.41) is 0. The third-order valence-corrected chi connectivity index (χ3v) is 4.57. The first-order chi connectivity index (χ1) is 9.19. The largest absolute Gasteiger partial charge is 0.497 e. The summed E-state index contributed by atoms with van der Waals surface area (Å²) >= 11 is 0. The van der Waals surface area contributed by atoms with Crippen LogP contribution in [0.5, 0.6) is 5.75 Å². The maximum absolute atomic E-state index is 6.54. The Bertz CT molecular complexity index is 455. The first-order valence-electron chi connectivity index (χ1n) is 7.05. The van der Waals surface area contributed by atoms with Crippen molar-refractivity contribution in [3.63, 3.8) is 0 Å². The minimum atomic E-state index is 0.0917. The fourth-order valence-corrected chi connectivity index (χ4v) is 3.35. The zero-order valence-electron chi connectivity index (χ0n) is 11.8. The van der Waals surface area contributed by atoms with E-state index in [1.54, 1.807) is 7.11 Å². The maximum Gasteiger partial charge on any atom is 0.119 e. The van der Waals surface area contributed by atoms with Crippen LogP contribution in [0, 0.1) is 6.92 Å². The minimum absolute atomic E-state index is 0.0917. The van der Waals surface area contributed by atoms with Crippen LogP contribution in [-0.4, -0.2) is 55.7 Å². The molecule has 0 aliphatic carbocycles. The Labute approximate surface area is 115 Å². The van der Waals surface area contributed by atoms with Gasteiger partial charge in [0.1, 0.15) is 5.75 Å². The van der Waals surface area contributed by atoms with E-state index >= 15 is 0 Å². The highest BCUT2D eigenvalue weighted by Gasteiger charge is 2.36. The molecule has 19 heavy (non-hydrogen) atoms. The lowest BCUT2D eigenvalue weighted by atomic mass is 9.92. The number of methoxy groups -OCH3 is 1. The molecule has 2 atom stereocenters. The number of fused-ring (bicyclic) bond motifs is 3. The zero-order valence-corrected chi connectivity index (χ0v) is 11.8. The van der Waals surface area contributed by atoms with E-state index in [0.29, 0.717) is 6.04 Å². The fraction of sp³-hybridized carbons (Fsp3) is 0.600. The van der Waals surface area contributed by atoms with Crippen molar-refractivity contribution < 1.29 is 4.74 Å². The van der Waals surface area contributed by atoms with Gasteiger partial charge in [-0.05, 0) is 30.2 Å². The normalized spacial score (nSPS) is 31.2. The van der Waals surface area contributed by atoms with E-state index < -0.39 is 0 Å². The lowest BCUT2D eigenvalue weighted by Crippen LogP contribution is -2.63. The number of ether oxygens (including phenoxy) is 1. The molecule has 3 aliphatic rings. The third-order valence-electron chi connectivity index (χ3n) is 4.57. The topological polar surface area (TPSA) is 41.7 Å². The fourth-order valence-electron chi connectivity index (χ4n) is 3.35. The van der Waals surface area contributed by atoms with Gasteiger partial charge in [0.2, 0.25) is 0 Å². The van der Waals surface area contributed by atoms with E-state index in [9.17, 15) is 0 Å². The molecule has 0 spiro atoms. The van der Waals surface area contributed by atoms with Gasteiger partial charge in [0.25, 0.3) is 0 Å². The predicted molar refractivity (Wildman–Crippen MR) is 76.5 cm³/mol. The van der Waals surface area contributed by atoms with Crippen LogP contribution in [0.15, 0.2) is 18.2 Å². The Morgan fingerprint density at radius 2 is 2.00 bits per heavy atom. The number of aryl methyl sites for hydroxylation is 1. The molecule has 4 heteroatoms. The predicted octanol–water partition coefficient (Wildman–Crippen LogP) is 1.00. The van der Waals surface area contributed by atoms with Gasteiger partial charge in [-0.2, -0.15) is 0 Å². The van der Waals surface area contributed by atoms with Crippen LogP contribution in [0.25, 0.3) is 0 Å². The van der Waals surface area contributed by atoms with E-state index in [-0.39, 0.29) is 6.04 Å². The number of benzene rings is 1. The van der Waals surface area contributed by atoms with Crippen molar-refractivity contribution in [3.8, 4) is 5.75 Å². The summed E-state index contributed by atoms with van der Waals surface area (Å²) in [6, 6.07) is 6.76. The summed E-state index contributed by atoms with van der Waals surface area (Å²) in [6.45, 7) is 7.94. The molecule has 2 bridgehead atoms. The Morgan fingerprint density at radius 1 is 1.26 bits per heavy atom. The van der Waals surface area contributed by atoms with E-state index in [1.165, 1.54) is 24.2 Å². The summed E-state index contributed by atoms with van der Waals surface area (Å²) in [4.78, 5) is 5.08. The minimum Gasteiger partial charge on any atom is -0.497 e. The molecule has 3 fully saturated rings. The summed E-state index contributed by atoms with van der Waals surface area (Å²) in [5.74, 6) is 0.905. The third kappa shape index (κ3) is 2.36. The van der Waals surface area contributed by atoms with Gasteiger partial charge in [-0.3, -0.25) is 9.80 Å². The molecule has 0 amide bonds. The first kappa shape index (κ1) is 12.9. The zero-order chi connectivity index (χ0) is 13.4. The van der Waals surface area contributed by atoms with Gasteiger partial charge >= 0.3 is 0 Å². The highest BCUT2D eigenvalue weighted by molar-refractivity contribution is 5.37. The van der Waals surface area contributed by atoms with Crippen molar-refractivity contribution in [2.45, 2.75) is 19.0 Å². The van der Waals surface area contributed by atoms with E-state index in [1.807, 2.05) is 6.07 Å². The molecule has 3 saturated heterocycles. The molecule has 4 nitrogen and oxygen atoms in total. The molecule has 3 aliphatic heterocycles. The van der Waals surface area contributed by atoms with Gasteiger partial charge in [-0.1, -0.05) is 6.07 Å². The van der Waals surface area contributed by atoms with Crippen molar-refractivity contribution in [3.05, 3.63) is 29.3 Å². The molecule has 2 unspecified atom stereocenters. The molecular formula is C15H23N3O. The monoisotopic (exact) mass is 261 g/mol. The Kier molecular flexibility index (Phi) is 3.48. The molecular weight excluding hydrogens is 238 g/mol. The summed E-state index contributed by atoms with van der Waals surface area (Å²) in [7, 11) is 1.70. The lowest BCUT2D eigenvalue weighted by Gasteiger charge is -2.49. The second-order valence-corrected chi connectivity index (χ2v) is 5.65. The quantitative estimate of drug-likeness (QED) is 0.881. The van der Waals surface area contributed by atoms with Crippen molar-refractivity contribution in [2.24, 2.45) is 5.73 Å². The first-order valence-corrected chi connectivity index (χ1v) is 7.05. The SMILES string of the molecule is COc1ccc(C(N)C2CN3CCN2CC3)c(C)c1. The Morgan fingerprint density at radius 3 is 2.53 bits per heavy atom. The number of nitrogens with zero attached hydrogens (tertiary/aromatic N) is 2. The molecule has 2 N–H and O–H groups in total. The van der Waals surface area contributed by atoms with Crippen LogP contribution >= 0.6 is 0 Å². The number of hydrogen-bond donors (Lipinski definition) is 1. The maximum atomic E-state index is 6.54. The van der Waals surface area contributed by atoms with Gasteiger partial charge in [0.15, 0.2) is 0 Å². The second kappa shape index (κ2) is 5.12. The van der Waals surface area contributed by atoms with E-state index in [2.05, 4.69) is 28.9 Å². The number of rotatable bonds is 3. The van der Waals surface area contributed by atoms with E-state index in [4.69, 9.17) is 10.5 Å². The molecule has 1 aromatic rings. The average molecular weight is 261 g/mol. The highest BCUT2D eigenvalue weighted by atomic mass is 16.5. The molecule has 4 rings (SSSR count). The van der Waals surface area contributed by atoms with Gasteiger partial charge in [0, 0.05) is 44.8 Å². The van der Waals surface area contributed by atoms with Crippen LogP contribution in [0.3, 0.4) is 0 Å². The Balaban J connectivity index is 1.81. The van der Waals surface area contributed by atoms with Crippen LogP contribution in [0.2, 0.25) is 0 Å². The Hall–Kier alpha value is -1.10. The van der Waals surface area contributed by atoms with Gasteiger partial charge in [-0.25, -0.2) is 0 Å². The summed E-state index contributed by atoms with van der Waals surface area (Å²) < 4.78 is 5.27. The molecule has 3 heterocycles. The number of piperazine rings is 3. The van der Waals surface area contributed by atoms with Crippen molar-refractivity contribution in [1.82, 2.24) is 9.80 Å².